The molecule has 0 aliphatic heterocycles. The Bertz CT molecular complexity index is 608. The highest BCUT2D eigenvalue weighted by Gasteiger charge is 2.18. The van der Waals surface area contributed by atoms with Crippen LogP contribution < -0.4 is 0 Å². The molecular weight excluding hydrogens is 247 g/mol. The van der Waals surface area contributed by atoms with Crippen LogP contribution in [0.5, 0.6) is 0 Å². The molecule has 0 amide bonds. The molecule has 1 aromatic carbocycles. The second-order valence-corrected chi connectivity index (χ2v) is 5.12. The molecular formula is C11H9FO4S. The summed E-state index contributed by atoms with van der Waals surface area (Å²) in [6, 6.07) is 2.63. The lowest BCUT2D eigenvalue weighted by molar-refractivity contribution is 0.0691. The second-order valence-electron chi connectivity index (χ2n) is 3.13. The van der Waals surface area contributed by atoms with Gasteiger partial charge in [-0.05, 0) is 25.1 Å². The van der Waals surface area contributed by atoms with Gasteiger partial charge in [0, 0.05) is 0 Å². The third kappa shape index (κ3) is 3.04. The normalized spacial score (nSPS) is 10.5. The number of halogens is 1. The Labute approximate surface area is 98.0 Å². The van der Waals surface area contributed by atoms with Crippen molar-refractivity contribution < 1.29 is 22.7 Å². The molecule has 0 aliphatic rings. The maximum Gasteiger partial charge on any atom is 0.338 e. The van der Waals surface area contributed by atoms with Gasteiger partial charge in [0.1, 0.15) is 11.6 Å². The van der Waals surface area contributed by atoms with Gasteiger partial charge in [0.05, 0.1) is 10.5 Å². The van der Waals surface area contributed by atoms with Crippen molar-refractivity contribution in [2.45, 2.75) is 11.8 Å². The molecule has 0 spiro atoms. The number of benzene rings is 1. The van der Waals surface area contributed by atoms with Crippen molar-refractivity contribution in [3.05, 3.63) is 29.6 Å². The smallest absolute Gasteiger partial charge is 0.338 e. The standard InChI is InChI=1S/C11H9FO4S/c1-2-3-6-17(15,16)8-4-5-10(12)9(7-8)11(13)14/h4-5,7H,6H2,1H3,(H,13,14). The van der Waals surface area contributed by atoms with Gasteiger partial charge in [-0.25, -0.2) is 17.6 Å². The maximum atomic E-state index is 13.1. The Morgan fingerprint density at radius 3 is 2.65 bits per heavy atom. The van der Waals surface area contributed by atoms with Crippen LogP contribution in [0.25, 0.3) is 0 Å². The van der Waals surface area contributed by atoms with Crippen molar-refractivity contribution in [1.82, 2.24) is 0 Å². The zero-order valence-electron chi connectivity index (χ0n) is 8.90. The van der Waals surface area contributed by atoms with Crippen molar-refractivity contribution in [2.24, 2.45) is 0 Å². The van der Waals surface area contributed by atoms with Gasteiger partial charge >= 0.3 is 5.97 Å². The molecule has 17 heavy (non-hydrogen) atoms. The van der Waals surface area contributed by atoms with E-state index in [1.54, 1.807) is 0 Å². The first-order valence-electron chi connectivity index (χ1n) is 4.53. The van der Waals surface area contributed by atoms with Gasteiger partial charge in [-0.2, -0.15) is 0 Å². The highest BCUT2D eigenvalue weighted by Crippen LogP contribution is 2.16. The summed E-state index contributed by atoms with van der Waals surface area (Å²) < 4.78 is 36.4. The fourth-order valence-electron chi connectivity index (χ4n) is 1.11. The predicted octanol–water partition coefficient (Wildman–Crippen LogP) is 1.32. The third-order valence-electron chi connectivity index (χ3n) is 1.97. The van der Waals surface area contributed by atoms with Crippen LogP contribution in [-0.2, 0) is 9.84 Å². The van der Waals surface area contributed by atoms with E-state index in [0.29, 0.717) is 0 Å². The molecule has 1 N–H and O–H groups in total. The van der Waals surface area contributed by atoms with Gasteiger partial charge < -0.3 is 5.11 Å². The average molecular weight is 256 g/mol. The van der Waals surface area contributed by atoms with Crippen molar-refractivity contribution in [3.8, 4) is 11.8 Å². The fraction of sp³-hybridized carbons (Fsp3) is 0.182. The quantitative estimate of drug-likeness (QED) is 0.654. The average Bonchev–Trinajstić information content (AvgIpc) is 2.26. The van der Waals surface area contributed by atoms with E-state index in [1.165, 1.54) is 6.92 Å². The lowest BCUT2D eigenvalue weighted by Crippen LogP contribution is -2.08. The number of rotatable bonds is 3. The number of aromatic carboxylic acids is 1. The van der Waals surface area contributed by atoms with Gasteiger partial charge in [0.25, 0.3) is 0 Å². The molecule has 0 aliphatic carbocycles. The second kappa shape index (κ2) is 4.97. The molecule has 0 unspecified atom stereocenters. The van der Waals surface area contributed by atoms with Crippen molar-refractivity contribution in [1.29, 1.82) is 0 Å². The number of hydrogen-bond donors (Lipinski definition) is 1. The van der Waals surface area contributed by atoms with Crippen LogP contribution in [0.3, 0.4) is 0 Å². The van der Waals surface area contributed by atoms with Crippen LogP contribution in [0.15, 0.2) is 23.1 Å². The molecule has 0 atom stereocenters. The number of sulfone groups is 1. The molecule has 4 nitrogen and oxygen atoms in total. The van der Waals surface area contributed by atoms with Crippen molar-refractivity contribution >= 4 is 15.8 Å². The number of carbonyl (C=O) groups is 1. The Hall–Kier alpha value is -1.87. The molecule has 0 aromatic heterocycles. The van der Waals surface area contributed by atoms with Crippen molar-refractivity contribution in [3.63, 3.8) is 0 Å². The molecule has 0 bridgehead atoms. The predicted molar refractivity (Wildman–Crippen MR) is 58.9 cm³/mol. The summed E-state index contributed by atoms with van der Waals surface area (Å²) in [6.07, 6.45) is 0. The molecule has 6 heteroatoms. The highest BCUT2D eigenvalue weighted by atomic mass is 32.2. The summed E-state index contributed by atoms with van der Waals surface area (Å²) in [5, 5.41) is 8.67. The minimum atomic E-state index is -3.70. The number of carboxylic acid groups (broad SMARTS) is 1. The van der Waals surface area contributed by atoms with Gasteiger partial charge in [-0.15, -0.1) is 5.92 Å². The van der Waals surface area contributed by atoms with E-state index >= 15 is 0 Å². The Morgan fingerprint density at radius 2 is 2.12 bits per heavy atom. The molecule has 0 saturated heterocycles. The van der Waals surface area contributed by atoms with Crippen LogP contribution in [0.1, 0.15) is 17.3 Å². The van der Waals surface area contributed by atoms with E-state index in [0.717, 1.165) is 18.2 Å². The van der Waals surface area contributed by atoms with Crippen LogP contribution in [0.2, 0.25) is 0 Å². The first kappa shape index (κ1) is 13.2. The number of carboxylic acids is 1. The van der Waals surface area contributed by atoms with Gasteiger partial charge in [-0.3, -0.25) is 0 Å². The zero-order valence-corrected chi connectivity index (χ0v) is 9.71. The minimum absolute atomic E-state index is 0.251. The summed E-state index contributed by atoms with van der Waals surface area (Å²) in [6.45, 7) is 1.49. The van der Waals surface area contributed by atoms with Gasteiger partial charge in [-0.1, -0.05) is 5.92 Å². The Balaban J connectivity index is 3.28. The SMILES string of the molecule is CC#CCS(=O)(=O)c1ccc(F)c(C(=O)O)c1. The first-order valence-corrected chi connectivity index (χ1v) is 6.19. The van der Waals surface area contributed by atoms with E-state index in [-0.39, 0.29) is 4.90 Å². The van der Waals surface area contributed by atoms with E-state index in [9.17, 15) is 17.6 Å². The molecule has 1 aromatic rings. The van der Waals surface area contributed by atoms with E-state index < -0.39 is 32.9 Å². The molecule has 0 saturated carbocycles. The Kier molecular flexibility index (Phi) is 3.86. The Morgan fingerprint density at radius 1 is 1.47 bits per heavy atom. The van der Waals surface area contributed by atoms with E-state index in [1.807, 2.05) is 0 Å². The summed E-state index contributed by atoms with van der Waals surface area (Å²) in [4.78, 5) is 10.4. The summed E-state index contributed by atoms with van der Waals surface area (Å²) in [5.41, 5.74) is -0.671. The van der Waals surface area contributed by atoms with Gasteiger partial charge in [0.15, 0.2) is 9.84 Å². The lowest BCUT2D eigenvalue weighted by Gasteiger charge is -2.03. The molecule has 0 heterocycles. The highest BCUT2D eigenvalue weighted by molar-refractivity contribution is 7.91. The van der Waals surface area contributed by atoms with Crippen LogP contribution in [-0.4, -0.2) is 25.2 Å². The fourth-order valence-corrected chi connectivity index (χ4v) is 2.19. The number of hydrogen-bond acceptors (Lipinski definition) is 3. The topological polar surface area (TPSA) is 71.4 Å². The molecule has 0 fully saturated rings. The van der Waals surface area contributed by atoms with Crippen LogP contribution in [0, 0.1) is 17.7 Å². The molecule has 1 rings (SSSR count). The van der Waals surface area contributed by atoms with Gasteiger partial charge in [0.2, 0.25) is 0 Å². The lowest BCUT2D eigenvalue weighted by atomic mass is 10.2. The van der Waals surface area contributed by atoms with Crippen LogP contribution >= 0.6 is 0 Å². The first-order chi connectivity index (χ1) is 7.88. The van der Waals surface area contributed by atoms with Crippen molar-refractivity contribution in [2.75, 3.05) is 5.75 Å². The zero-order chi connectivity index (χ0) is 13.1. The minimum Gasteiger partial charge on any atom is -0.478 e. The monoisotopic (exact) mass is 256 g/mol. The molecule has 0 radical (unpaired) electrons. The van der Waals surface area contributed by atoms with Crippen LogP contribution in [0.4, 0.5) is 4.39 Å². The maximum absolute atomic E-state index is 13.1. The summed E-state index contributed by atoms with van der Waals surface area (Å²) >= 11 is 0. The van der Waals surface area contributed by atoms with E-state index in [2.05, 4.69) is 11.8 Å². The summed E-state index contributed by atoms with van der Waals surface area (Å²) in [7, 11) is -3.70. The van der Waals surface area contributed by atoms with E-state index in [4.69, 9.17) is 5.11 Å². The summed E-state index contributed by atoms with van der Waals surface area (Å²) in [5.74, 6) is 1.88. The largest absolute Gasteiger partial charge is 0.478 e. The molecule has 90 valence electrons. The third-order valence-corrected chi connectivity index (χ3v) is 3.46.